The molecular formula is C5H3NOS. The molecule has 40 valence electrons. The minimum atomic E-state index is -0.394. The molecule has 2 nitrogen and oxygen atoms in total. The average Bonchev–Trinajstić information content (AvgIpc) is 1.68. The zero-order valence-electron chi connectivity index (χ0n) is 3.97. The number of rotatable bonds is 0. The monoisotopic (exact) mass is 125 g/mol. The summed E-state index contributed by atoms with van der Waals surface area (Å²) in [5.41, 5.74) is 0. The average molecular weight is 125 g/mol. The number of nitrogens with one attached hydrogen (secondary N) is 1. The molecule has 0 fully saturated rings. The number of terminal acetylenes is 2. The number of hydrogen-bond acceptors (Lipinski definition) is 2. The maximum absolute atomic E-state index is 10.2. The van der Waals surface area contributed by atoms with Crippen LogP contribution in [0.1, 0.15) is 0 Å². The predicted molar refractivity (Wildman–Crippen MR) is 33.8 cm³/mol. The Hall–Kier alpha value is -1.06. The second-order valence-electron chi connectivity index (χ2n) is 0.777. The van der Waals surface area contributed by atoms with E-state index in [1.54, 1.807) is 0 Å². The van der Waals surface area contributed by atoms with E-state index in [1.165, 1.54) is 0 Å². The van der Waals surface area contributed by atoms with Gasteiger partial charge in [-0.25, -0.2) is 0 Å². The molecule has 3 heteroatoms. The third-order valence-electron chi connectivity index (χ3n) is 0.326. The Labute approximate surface area is 52.0 Å². The zero-order chi connectivity index (χ0) is 6.41. The molecule has 0 spiro atoms. The summed E-state index contributed by atoms with van der Waals surface area (Å²) in [5.74, 6) is 0. The van der Waals surface area contributed by atoms with Gasteiger partial charge in [0.2, 0.25) is 0 Å². The third kappa shape index (κ3) is 3.14. The van der Waals surface area contributed by atoms with Crippen molar-refractivity contribution in [3.8, 4) is 24.1 Å². The summed E-state index contributed by atoms with van der Waals surface area (Å²) in [5, 5.41) is 3.72. The maximum atomic E-state index is 10.2. The van der Waals surface area contributed by atoms with Gasteiger partial charge in [0.1, 0.15) is 0 Å². The predicted octanol–water partition coefficient (Wildman–Crippen LogP) is 0.611. The molecule has 0 aromatic rings. The lowest BCUT2D eigenvalue weighted by atomic mass is 11.1. The fraction of sp³-hybridized carbons (Fsp3) is 0. The first-order chi connectivity index (χ1) is 3.81. The lowest BCUT2D eigenvalue weighted by Crippen LogP contribution is -2.09. The Bertz CT molecular complexity index is 144. The van der Waals surface area contributed by atoms with Gasteiger partial charge >= 0.3 is 5.24 Å². The molecular weight excluding hydrogens is 122 g/mol. The molecule has 0 atom stereocenters. The van der Waals surface area contributed by atoms with Crippen LogP contribution in [0.5, 0.6) is 0 Å². The second kappa shape index (κ2) is 4.11. The number of amides is 1. The lowest BCUT2D eigenvalue weighted by molar-refractivity contribution is 0.264. The van der Waals surface area contributed by atoms with Crippen molar-refractivity contribution in [1.29, 1.82) is 0 Å². The summed E-state index contributed by atoms with van der Waals surface area (Å²) in [6.07, 6.45) is 9.44. The van der Waals surface area contributed by atoms with Crippen molar-refractivity contribution in [3.63, 3.8) is 0 Å². The molecule has 0 bridgehead atoms. The van der Waals surface area contributed by atoms with Crippen LogP contribution in [-0.2, 0) is 0 Å². The molecule has 0 aromatic heterocycles. The maximum Gasteiger partial charge on any atom is 0.303 e. The van der Waals surface area contributed by atoms with Crippen LogP contribution < -0.4 is 5.32 Å². The van der Waals surface area contributed by atoms with Crippen molar-refractivity contribution in [2.24, 2.45) is 0 Å². The summed E-state index contributed by atoms with van der Waals surface area (Å²) in [6.45, 7) is 0. The normalized spacial score (nSPS) is 6.25. The zero-order valence-corrected chi connectivity index (χ0v) is 4.79. The van der Waals surface area contributed by atoms with Crippen molar-refractivity contribution in [2.45, 2.75) is 0 Å². The van der Waals surface area contributed by atoms with Gasteiger partial charge in [-0.05, 0) is 5.25 Å². The molecule has 0 aromatic carbocycles. The van der Waals surface area contributed by atoms with Crippen LogP contribution in [0.25, 0.3) is 0 Å². The van der Waals surface area contributed by atoms with E-state index in [0.717, 1.165) is 0 Å². The minimum Gasteiger partial charge on any atom is -0.275 e. The van der Waals surface area contributed by atoms with Crippen LogP contribution >= 0.6 is 11.8 Å². The van der Waals surface area contributed by atoms with E-state index < -0.39 is 5.24 Å². The molecule has 0 saturated carbocycles. The van der Waals surface area contributed by atoms with Gasteiger partial charge in [0.15, 0.2) is 0 Å². The first kappa shape index (κ1) is 6.94. The van der Waals surface area contributed by atoms with E-state index in [-0.39, 0.29) is 0 Å². The third-order valence-corrected chi connectivity index (χ3v) is 0.731. The SMILES string of the molecule is C#CNC(=O)SC#C. The van der Waals surface area contributed by atoms with Crippen LogP contribution in [-0.4, -0.2) is 5.24 Å². The topological polar surface area (TPSA) is 29.1 Å². The molecule has 8 heavy (non-hydrogen) atoms. The number of thioether (sulfide) groups is 1. The first-order valence-corrected chi connectivity index (χ1v) is 2.51. The molecule has 0 aliphatic rings. The highest BCUT2D eigenvalue weighted by Crippen LogP contribution is 1.94. The molecule has 0 saturated heterocycles. The molecule has 1 N–H and O–H groups in total. The van der Waals surface area contributed by atoms with Crippen LogP contribution in [0.15, 0.2) is 0 Å². The fourth-order valence-corrected chi connectivity index (χ4v) is 0.355. The van der Waals surface area contributed by atoms with E-state index >= 15 is 0 Å². The second-order valence-corrected chi connectivity index (χ2v) is 1.59. The van der Waals surface area contributed by atoms with Gasteiger partial charge < -0.3 is 0 Å². The van der Waals surface area contributed by atoms with Crippen molar-refractivity contribution < 1.29 is 4.79 Å². The van der Waals surface area contributed by atoms with Gasteiger partial charge in [0, 0.05) is 17.8 Å². The quantitative estimate of drug-likeness (QED) is 0.379. The molecule has 1 amide bonds. The van der Waals surface area contributed by atoms with E-state index in [0.29, 0.717) is 11.8 Å². The van der Waals surface area contributed by atoms with Gasteiger partial charge in [0.05, 0.1) is 0 Å². The van der Waals surface area contributed by atoms with E-state index in [2.05, 4.69) is 10.6 Å². The summed E-state index contributed by atoms with van der Waals surface area (Å²) >= 11 is 0.691. The summed E-state index contributed by atoms with van der Waals surface area (Å²) in [6, 6.07) is 1.94. The van der Waals surface area contributed by atoms with Crippen LogP contribution in [0.4, 0.5) is 4.79 Å². The highest BCUT2D eigenvalue weighted by molar-refractivity contribution is 8.17. The van der Waals surface area contributed by atoms with Crippen LogP contribution in [0.2, 0.25) is 0 Å². The van der Waals surface area contributed by atoms with Gasteiger partial charge in [0.25, 0.3) is 0 Å². The Morgan fingerprint density at radius 3 is 2.62 bits per heavy atom. The van der Waals surface area contributed by atoms with Crippen molar-refractivity contribution >= 4 is 17.0 Å². The van der Waals surface area contributed by atoms with Crippen molar-refractivity contribution in [3.05, 3.63) is 0 Å². The molecule has 0 aliphatic heterocycles. The Morgan fingerprint density at radius 1 is 1.62 bits per heavy atom. The fourth-order valence-electron chi connectivity index (χ4n) is 0.138. The summed E-state index contributed by atoms with van der Waals surface area (Å²) in [4.78, 5) is 10.2. The summed E-state index contributed by atoms with van der Waals surface area (Å²) in [7, 11) is 0. The molecule has 0 radical (unpaired) electrons. The molecule has 0 aliphatic carbocycles. The number of carbonyl (C=O) groups is 1. The standard InChI is InChI=1S/C5H3NOS/c1-3-6-5(7)8-4-2/h1-2H,(H,6,7). The van der Waals surface area contributed by atoms with E-state index in [4.69, 9.17) is 12.8 Å². The Balaban J connectivity index is 3.41. The van der Waals surface area contributed by atoms with Crippen LogP contribution in [0, 0.1) is 24.1 Å². The van der Waals surface area contributed by atoms with E-state index in [1.807, 2.05) is 6.04 Å². The smallest absolute Gasteiger partial charge is 0.275 e. The lowest BCUT2D eigenvalue weighted by Gasteiger charge is -1.84. The van der Waals surface area contributed by atoms with Gasteiger partial charge in [-0.15, -0.1) is 6.42 Å². The van der Waals surface area contributed by atoms with Crippen molar-refractivity contribution in [1.82, 2.24) is 5.32 Å². The molecule has 0 heterocycles. The molecule has 0 unspecified atom stereocenters. The van der Waals surface area contributed by atoms with Crippen molar-refractivity contribution in [2.75, 3.05) is 0 Å². The Kier molecular flexibility index (Phi) is 3.56. The summed E-state index contributed by atoms with van der Waals surface area (Å²) < 4.78 is 0. The number of hydrogen-bond donors (Lipinski definition) is 1. The number of carbonyl (C=O) groups excluding carboxylic acids is 1. The highest BCUT2D eigenvalue weighted by Gasteiger charge is 1.91. The van der Waals surface area contributed by atoms with Crippen LogP contribution in [0.3, 0.4) is 0 Å². The largest absolute Gasteiger partial charge is 0.303 e. The van der Waals surface area contributed by atoms with Gasteiger partial charge in [-0.2, -0.15) is 0 Å². The van der Waals surface area contributed by atoms with Gasteiger partial charge in [-0.3, -0.25) is 10.1 Å². The van der Waals surface area contributed by atoms with Gasteiger partial charge in [-0.1, -0.05) is 6.42 Å². The molecule has 0 rings (SSSR count). The highest BCUT2D eigenvalue weighted by atomic mass is 32.2. The minimum absolute atomic E-state index is 0.394. The first-order valence-electron chi connectivity index (χ1n) is 1.69. The van der Waals surface area contributed by atoms with E-state index in [9.17, 15) is 4.79 Å². The Morgan fingerprint density at radius 2 is 2.25 bits per heavy atom.